The summed E-state index contributed by atoms with van der Waals surface area (Å²) in [5, 5.41) is 3.47. The van der Waals surface area contributed by atoms with Crippen LogP contribution in [0.2, 0.25) is 0 Å². The molecule has 1 N–H and O–H groups in total. The highest BCUT2D eigenvalue weighted by atomic mass is 32.1. The van der Waals surface area contributed by atoms with Gasteiger partial charge in [-0.1, -0.05) is 20.3 Å². The first kappa shape index (κ1) is 11.2. The number of thiophene rings is 1. The Kier molecular flexibility index (Phi) is 3.47. The van der Waals surface area contributed by atoms with Crippen LogP contribution < -0.4 is 5.32 Å². The minimum absolute atomic E-state index is 0.561. The number of hydrogen-bond donors (Lipinski definition) is 1. The quantitative estimate of drug-likeness (QED) is 0.823. The van der Waals surface area contributed by atoms with Crippen LogP contribution in [-0.4, -0.2) is 7.05 Å². The second-order valence-corrected chi connectivity index (χ2v) is 5.77. The van der Waals surface area contributed by atoms with Gasteiger partial charge in [-0.25, -0.2) is 0 Å². The lowest BCUT2D eigenvalue weighted by molar-refractivity contribution is 0.406. The molecular formula is C13H21NS. The molecule has 0 aliphatic heterocycles. The Morgan fingerprint density at radius 3 is 2.87 bits per heavy atom. The van der Waals surface area contributed by atoms with Gasteiger partial charge in [-0.2, -0.15) is 0 Å². The van der Waals surface area contributed by atoms with Crippen molar-refractivity contribution < 1.29 is 0 Å². The number of aryl methyl sites for hydroxylation is 2. The number of nitrogens with one attached hydrogen (secondary N) is 1. The summed E-state index contributed by atoms with van der Waals surface area (Å²) in [6.45, 7) is 4.61. The highest BCUT2D eigenvalue weighted by molar-refractivity contribution is 7.12. The highest BCUT2D eigenvalue weighted by Crippen LogP contribution is 2.36. The Morgan fingerprint density at radius 2 is 2.27 bits per heavy atom. The normalized spacial score (nSPS) is 18.9. The zero-order chi connectivity index (χ0) is 10.8. The van der Waals surface area contributed by atoms with E-state index < -0.39 is 0 Å². The molecule has 1 heterocycles. The fourth-order valence-electron chi connectivity index (χ4n) is 2.45. The van der Waals surface area contributed by atoms with Gasteiger partial charge in [0.05, 0.1) is 0 Å². The van der Waals surface area contributed by atoms with Crippen LogP contribution in [0.25, 0.3) is 0 Å². The molecule has 0 fully saturated rings. The van der Waals surface area contributed by atoms with E-state index >= 15 is 0 Å². The van der Waals surface area contributed by atoms with Crippen LogP contribution in [0.3, 0.4) is 0 Å². The van der Waals surface area contributed by atoms with E-state index in [0.717, 1.165) is 5.92 Å². The molecule has 0 aromatic carbocycles. The third-order valence-corrected chi connectivity index (χ3v) is 4.92. The number of hydrogen-bond acceptors (Lipinski definition) is 2. The predicted octanol–water partition coefficient (Wildman–Crippen LogP) is 3.54. The van der Waals surface area contributed by atoms with Gasteiger partial charge in [-0.15, -0.1) is 11.3 Å². The van der Waals surface area contributed by atoms with Crippen molar-refractivity contribution in [3.05, 3.63) is 21.4 Å². The molecule has 2 rings (SSSR count). The molecule has 0 saturated heterocycles. The van der Waals surface area contributed by atoms with E-state index in [-0.39, 0.29) is 0 Å². The van der Waals surface area contributed by atoms with Crippen LogP contribution in [0.1, 0.15) is 48.0 Å². The average Bonchev–Trinajstić information content (AvgIpc) is 2.78. The summed E-state index contributed by atoms with van der Waals surface area (Å²) in [4.78, 5) is 3.20. The average molecular weight is 223 g/mol. The second kappa shape index (κ2) is 4.67. The zero-order valence-electron chi connectivity index (χ0n) is 9.97. The van der Waals surface area contributed by atoms with E-state index in [2.05, 4.69) is 32.3 Å². The first-order chi connectivity index (χ1) is 7.26. The van der Waals surface area contributed by atoms with Crippen molar-refractivity contribution in [3.8, 4) is 0 Å². The summed E-state index contributed by atoms with van der Waals surface area (Å²) in [5.41, 5.74) is 1.62. The van der Waals surface area contributed by atoms with Crippen LogP contribution >= 0.6 is 11.3 Å². The molecule has 15 heavy (non-hydrogen) atoms. The fraction of sp³-hybridized carbons (Fsp3) is 0.692. The molecule has 0 saturated carbocycles. The molecule has 0 radical (unpaired) electrons. The first-order valence-corrected chi connectivity index (χ1v) is 6.86. The van der Waals surface area contributed by atoms with Gasteiger partial charge in [-0.05, 0) is 43.9 Å². The van der Waals surface area contributed by atoms with Crippen molar-refractivity contribution in [2.75, 3.05) is 7.05 Å². The van der Waals surface area contributed by atoms with E-state index in [0.29, 0.717) is 6.04 Å². The summed E-state index contributed by atoms with van der Waals surface area (Å²) >= 11 is 2.04. The van der Waals surface area contributed by atoms with Gasteiger partial charge in [-0.3, -0.25) is 0 Å². The van der Waals surface area contributed by atoms with Crippen molar-refractivity contribution in [3.63, 3.8) is 0 Å². The summed E-state index contributed by atoms with van der Waals surface area (Å²) in [6.07, 6.45) is 5.24. The zero-order valence-corrected chi connectivity index (χ0v) is 10.8. The van der Waals surface area contributed by atoms with Crippen LogP contribution in [0.15, 0.2) is 6.07 Å². The lowest BCUT2D eigenvalue weighted by Crippen LogP contribution is -2.22. The van der Waals surface area contributed by atoms with E-state index in [1.807, 2.05) is 11.3 Å². The first-order valence-electron chi connectivity index (χ1n) is 6.05. The van der Waals surface area contributed by atoms with Gasteiger partial charge < -0.3 is 5.32 Å². The highest BCUT2D eigenvalue weighted by Gasteiger charge is 2.22. The van der Waals surface area contributed by atoms with Crippen LogP contribution in [-0.2, 0) is 12.8 Å². The maximum atomic E-state index is 3.47. The molecule has 1 aromatic heterocycles. The van der Waals surface area contributed by atoms with Crippen molar-refractivity contribution in [1.29, 1.82) is 0 Å². The van der Waals surface area contributed by atoms with Crippen molar-refractivity contribution in [1.82, 2.24) is 5.32 Å². The van der Waals surface area contributed by atoms with E-state index in [1.54, 1.807) is 15.3 Å². The monoisotopic (exact) mass is 223 g/mol. The molecule has 0 amide bonds. The molecule has 1 nitrogen and oxygen atoms in total. The SMILES string of the molecule is CCC(C)C(NC)c1cc2c(s1)CCC2. The molecule has 0 bridgehead atoms. The second-order valence-electron chi connectivity index (χ2n) is 4.60. The molecule has 1 aliphatic carbocycles. The Bertz CT molecular complexity index is 308. The van der Waals surface area contributed by atoms with Gasteiger partial charge in [0.1, 0.15) is 0 Å². The summed E-state index contributed by atoms with van der Waals surface area (Å²) in [7, 11) is 2.08. The van der Waals surface area contributed by atoms with Gasteiger partial charge >= 0.3 is 0 Å². The van der Waals surface area contributed by atoms with Gasteiger partial charge in [0.15, 0.2) is 0 Å². The molecule has 2 heteroatoms. The Labute approximate surface area is 96.9 Å². The number of rotatable bonds is 4. The molecule has 2 unspecified atom stereocenters. The van der Waals surface area contributed by atoms with Gasteiger partial charge in [0, 0.05) is 15.8 Å². The number of fused-ring (bicyclic) bond motifs is 1. The van der Waals surface area contributed by atoms with Crippen molar-refractivity contribution in [2.24, 2.45) is 5.92 Å². The van der Waals surface area contributed by atoms with E-state index in [4.69, 9.17) is 0 Å². The van der Waals surface area contributed by atoms with Crippen molar-refractivity contribution >= 4 is 11.3 Å². The summed E-state index contributed by atoms with van der Waals surface area (Å²) in [6, 6.07) is 3.01. The van der Waals surface area contributed by atoms with Gasteiger partial charge in [0.2, 0.25) is 0 Å². The Hall–Kier alpha value is -0.340. The molecule has 84 valence electrons. The third-order valence-electron chi connectivity index (χ3n) is 3.60. The standard InChI is InChI=1S/C13H21NS/c1-4-9(2)13(14-3)12-8-10-6-5-7-11(10)15-12/h8-9,13-14H,4-7H2,1-3H3. The smallest absolute Gasteiger partial charge is 0.0438 e. The van der Waals surface area contributed by atoms with Crippen LogP contribution in [0.5, 0.6) is 0 Å². The molecule has 1 aliphatic rings. The lowest BCUT2D eigenvalue weighted by atomic mass is 9.97. The summed E-state index contributed by atoms with van der Waals surface area (Å²) in [5.74, 6) is 0.730. The van der Waals surface area contributed by atoms with Crippen molar-refractivity contribution in [2.45, 2.75) is 45.6 Å². The fourth-order valence-corrected chi connectivity index (χ4v) is 3.95. The Morgan fingerprint density at radius 1 is 1.47 bits per heavy atom. The topological polar surface area (TPSA) is 12.0 Å². The van der Waals surface area contributed by atoms with Crippen LogP contribution in [0.4, 0.5) is 0 Å². The molecule has 2 atom stereocenters. The largest absolute Gasteiger partial charge is 0.312 e. The molecule has 1 aromatic rings. The van der Waals surface area contributed by atoms with Gasteiger partial charge in [0.25, 0.3) is 0 Å². The maximum Gasteiger partial charge on any atom is 0.0438 e. The van der Waals surface area contributed by atoms with Crippen LogP contribution in [0, 0.1) is 5.92 Å². The lowest BCUT2D eigenvalue weighted by Gasteiger charge is -2.21. The minimum Gasteiger partial charge on any atom is -0.312 e. The third kappa shape index (κ3) is 2.11. The molecular weight excluding hydrogens is 202 g/mol. The summed E-state index contributed by atoms with van der Waals surface area (Å²) < 4.78 is 0. The minimum atomic E-state index is 0.561. The Balaban J connectivity index is 2.19. The van der Waals surface area contributed by atoms with E-state index in [1.165, 1.54) is 25.7 Å². The van der Waals surface area contributed by atoms with E-state index in [9.17, 15) is 0 Å². The molecule has 0 spiro atoms. The predicted molar refractivity (Wildman–Crippen MR) is 67.6 cm³/mol. The maximum absolute atomic E-state index is 3.47.